The van der Waals surface area contributed by atoms with Crippen LogP contribution < -0.4 is 5.32 Å². The van der Waals surface area contributed by atoms with E-state index in [4.69, 9.17) is 5.10 Å². The van der Waals surface area contributed by atoms with Gasteiger partial charge in [0.2, 0.25) is 0 Å². The summed E-state index contributed by atoms with van der Waals surface area (Å²) >= 11 is 1.84. The number of carbonyl (C=O) groups excluding carboxylic acids is 1. The maximum Gasteiger partial charge on any atom is 0.256 e. The van der Waals surface area contributed by atoms with E-state index in [1.807, 2.05) is 47.6 Å². The summed E-state index contributed by atoms with van der Waals surface area (Å²) in [6, 6.07) is 7.63. The summed E-state index contributed by atoms with van der Waals surface area (Å²) in [5, 5.41) is 7.79. The predicted octanol–water partition coefficient (Wildman–Crippen LogP) is 3.95. The molecular weight excluding hydrogens is 294 g/mol. The minimum absolute atomic E-state index is 0.0786. The molecule has 1 aromatic carbocycles. The Morgan fingerprint density at radius 2 is 1.91 bits per heavy atom. The third-order valence-electron chi connectivity index (χ3n) is 3.73. The molecular formula is C17H21N3OS. The van der Waals surface area contributed by atoms with E-state index in [2.05, 4.69) is 26.1 Å². The maximum atomic E-state index is 12.5. The molecule has 3 rings (SSSR count). The van der Waals surface area contributed by atoms with E-state index in [0.29, 0.717) is 5.56 Å². The molecule has 0 unspecified atom stereocenters. The number of nitrogens with one attached hydrogen (secondary N) is 1. The van der Waals surface area contributed by atoms with Crippen LogP contribution in [0.1, 0.15) is 48.0 Å². The van der Waals surface area contributed by atoms with Gasteiger partial charge in [0.05, 0.1) is 11.2 Å². The van der Waals surface area contributed by atoms with Gasteiger partial charge in [-0.15, -0.1) is 0 Å². The lowest BCUT2D eigenvalue weighted by molar-refractivity contribution is 0.102. The van der Waals surface area contributed by atoms with E-state index >= 15 is 0 Å². The Labute approximate surface area is 135 Å². The Morgan fingerprint density at radius 3 is 2.55 bits per heavy atom. The van der Waals surface area contributed by atoms with Gasteiger partial charge < -0.3 is 5.32 Å². The number of nitrogens with zero attached hydrogens (tertiary/aromatic N) is 2. The summed E-state index contributed by atoms with van der Waals surface area (Å²) < 4.78 is 1.95. The first-order chi connectivity index (χ1) is 10.4. The summed E-state index contributed by atoms with van der Waals surface area (Å²) in [6.07, 6.45) is 0. The third kappa shape index (κ3) is 2.77. The van der Waals surface area contributed by atoms with Crippen molar-refractivity contribution in [3.05, 3.63) is 46.6 Å². The zero-order chi connectivity index (χ0) is 15.9. The second-order valence-corrected chi connectivity index (χ2v) is 7.66. The fraction of sp³-hybridized carbons (Fsp3) is 0.412. The number of rotatable bonds is 2. The van der Waals surface area contributed by atoms with Gasteiger partial charge in [-0.05, 0) is 39.8 Å². The average Bonchev–Trinajstić information content (AvgIpc) is 3.01. The van der Waals surface area contributed by atoms with Crippen LogP contribution in [-0.2, 0) is 17.0 Å². The molecule has 0 atom stereocenters. The molecule has 5 heteroatoms. The lowest BCUT2D eigenvalue weighted by Gasteiger charge is -2.23. The number of fused-ring (bicyclic) bond motifs is 1. The molecule has 0 saturated heterocycles. The molecule has 22 heavy (non-hydrogen) atoms. The van der Waals surface area contributed by atoms with Crippen molar-refractivity contribution in [2.45, 2.75) is 44.7 Å². The highest BCUT2D eigenvalue weighted by molar-refractivity contribution is 7.98. The molecule has 0 aliphatic carbocycles. The highest BCUT2D eigenvalue weighted by Gasteiger charge is 2.28. The van der Waals surface area contributed by atoms with Crippen LogP contribution in [0, 0.1) is 6.92 Å². The minimum Gasteiger partial charge on any atom is -0.306 e. The number of benzene rings is 1. The number of aromatic nitrogens is 2. The molecule has 1 aliphatic heterocycles. The largest absolute Gasteiger partial charge is 0.306 e. The SMILES string of the molecule is Cc1ccc(C(=O)Nc2c3c(nn2C(C)(C)C)CSC3)cc1. The van der Waals surface area contributed by atoms with Gasteiger partial charge in [-0.2, -0.15) is 16.9 Å². The van der Waals surface area contributed by atoms with Crippen molar-refractivity contribution in [1.82, 2.24) is 9.78 Å². The Hall–Kier alpha value is -1.75. The van der Waals surface area contributed by atoms with E-state index in [9.17, 15) is 4.79 Å². The fourth-order valence-electron chi connectivity index (χ4n) is 2.51. The molecule has 0 fully saturated rings. The molecule has 2 heterocycles. The number of carbonyl (C=O) groups is 1. The van der Waals surface area contributed by atoms with Crippen molar-refractivity contribution in [3.63, 3.8) is 0 Å². The number of amides is 1. The van der Waals surface area contributed by atoms with Gasteiger partial charge in [-0.25, -0.2) is 4.68 Å². The minimum atomic E-state index is -0.162. The quantitative estimate of drug-likeness (QED) is 0.913. The molecule has 4 nitrogen and oxygen atoms in total. The van der Waals surface area contributed by atoms with E-state index in [0.717, 1.165) is 28.6 Å². The molecule has 1 aliphatic rings. The Kier molecular flexibility index (Phi) is 3.77. The monoisotopic (exact) mass is 315 g/mol. The standard InChI is InChI=1S/C17H21N3OS/c1-11-5-7-12(8-6-11)16(21)18-15-13-9-22-10-14(13)19-20(15)17(2,3)4/h5-8H,9-10H2,1-4H3,(H,18,21). The number of hydrogen-bond donors (Lipinski definition) is 1. The van der Waals surface area contributed by atoms with Gasteiger partial charge in [-0.3, -0.25) is 4.79 Å². The topological polar surface area (TPSA) is 46.9 Å². The first-order valence-electron chi connectivity index (χ1n) is 7.43. The van der Waals surface area contributed by atoms with Crippen molar-refractivity contribution < 1.29 is 4.79 Å². The van der Waals surface area contributed by atoms with Crippen LogP contribution in [0.15, 0.2) is 24.3 Å². The molecule has 1 N–H and O–H groups in total. The third-order valence-corrected chi connectivity index (χ3v) is 4.70. The lowest BCUT2D eigenvalue weighted by Crippen LogP contribution is -2.27. The van der Waals surface area contributed by atoms with Crippen LogP contribution in [0.5, 0.6) is 0 Å². The van der Waals surface area contributed by atoms with Crippen LogP contribution in [0.2, 0.25) is 0 Å². The van der Waals surface area contributed by atoms with E-state index < -0.39 is 0 Å². The Bertz CT molecular complexity index is 711. The van der Waals surface area contributed by atoms with Gasteiger partial charge >= 0.3 is 0 Å². The second-order valence-electron chi connectivity index (χ2n) is 6.67. The highest BCUT2D eigenvalue weighted by Crippen LogP contribution is 2.37. The smallest absolute Gasteiger partial charge is 0.256 e. The highest BCUT2D eigenvalue weighted by atomic mass is 32.2. The van der Waals surface area contributed by atoms with E-state index in [1.165, 1.54) is 5.56 Å². The van der Waals surface area contributed by atoms with Gasteiger partial charge in [0.25, 0.3) is 5.91 Å². The average molecular weight is 315 g/mol. The van der Waals surface area contributed by atoms with Crippen molar-refractivity contribution in [1.29, 1.82) is 0 Å². The summed E-state index contributed by atoms with van der Waals surface area (Å²) in [7, 11) is 0. The van der Waals surface area contributed by atoms with Crippen LogP contribution in [0.25, 0.3) is 0 Å². The molecule has 2 aromatic rings. The van der Waals surface area contributed by atoms with E-state index in [1.54, 1.807) is 0 Å². The first-order valence-corrected chi connectivity index (χ1v) is 8.59. The summed E-state index contributed by atoms with van der Waals surface area (Å²) in [6.45, 7) is 8.32. The van der Waals surface area contributed by atoms with Gasteiger partial charge in [0.15, 0.2) is 0 Å². The maximum absolute atomic E-state index is 12.5. The zero-order valence-corrected chi connectivity index (χ0v) is 14.3. The molecule has 0 radical (unpaired) electrons. The van der Waals surface area contributed by atoms with Crippen LogP contribution in [-0.4, -0.2) is 15.7 Å². The van der Waals surface area contributed by atoms with Gasteiger partial charge in [0, 0.05) is 22.6 Å². The Morgan fingerprint density at radius 1 is 1.23 bits per heavy atom. The summed E-state index contributed by atoms with van der Waals surface area (Å²) in [5.41, 5.74) is 3.92. The van der Waals surface area contributed by atoms with Crippen LogP contribution >= 0.6 is 11.8 Å². The number of hydrogen-bond acceptors (Lipinski definition) is 3. The van der Waals surface area contributed by atoms with Gasteiger partial charge in [0.1, 0.15) is 5.82 Å². The first kappa shape index (κ1) is 15.2. The van der Waals surface area contributed by atoms with E-state index in [-0.39, 0.29) is 11.4 Å². The molecule has 116 valence electrons. The van der Waals surface area contributed by atoms with Crippen LogP contribution in [0.3, 0.4) is 0 Å². The molecule has 0 bridgehead atoms. The van der Waals surface area contributed by atoms with Crippen molar-refractivity contribution in [2.24, 2.45) is 0 Å². The summed E-state index contributed by atoms with van der Waals surface area (Å²) in [5.74, 6) is 2.60. The lowest BCUT2D eigenvalue weighted by atomic mass is 10.1. The molecule has 1 amide bonds. The van der Waals surface area contributed by atoms with Crippen molar-refractivity contribution in [2.75, 3.05) is 5.32 Å². The normalized spacial score (nSPS) is 14.0. The summed E-state index contributed by atoms with van der Waals surface area (Å²) in [4.78, 5) is 12.5. The molecule has 0 spiro atoms. The number of anilines is 1. The van der Waals surface area contributed by atoms with Gasteiger partial charge in [-0.1, -0.05) is 17.7 Å². The molecule has 1 aromatic heterocycles. The second kappa shape index (κ2) is 5.47. The van der Waals surface area contributed by atoms with Crippen molar-refractivity contribution >= 4 is 23.5 Å². The number of thioether (sulfide) groups is 1. The Balaban J connectivity index is 1.94. The predicted molar refractivity (Wildman–Crippen MR) is 91.4 cm³/mol. The number of aryl methyl sites for hydroxylation is 1. The van der Waals surface area contributed by atoms with Crippen LogP contribution in [0.4, 0.5) is 5.82 Å². The molecule has 0 saturated carbocycles. The fourth-order valence-corrected chi connectivity index (χ4v) is 3.55. The zero-order valence-electron chi connectivity index (χ0n) is 13.4. The van der Waals surface area contributed by atoms with Crippen molar-refractivity contribution in [3.8, 4) is 0 Å².